The van der Waals surface area contributed by atoms with Gasteiger partial charge in [-0.05, 0) is 30.0 Å². The van der Waals surface area contributed by atoms with Gasteiger partial charge < -0.3 is 10.7 Å². The second-order valence-electron chi connectivity index (χ2n) is 3.78. The monoisotopic (exact) mass is 202 g/mol. The summed E-state index contributed by atoms with van der Waals surface area (Å²) in [5.41, 5.74) is 7.16. The van der Waals surface area contributed by atoms with Gasteiger partial charge in [-0.25, -0.2) is 0 Å². The Kier molecular flexibility index (Phi) is 2.56. The van der Waals surface area contributed by atoms with Crippen molar-refractivity contribution in [2.24, 2.45) is 5.73 Å². The molecule has 1 aromatic carbocycles. The summed E-state index contributed by atoms with van der Waals surface area (Å²) in [7, 11) is 0. The number of para-hydroxylation sites is 1. The fourth-order valence-corrected chi connectivity index (χ4v) is 1.66. The van der Waals surface area contributed by atoms with Crippen LogP contribution < -0.4 is 11.3 Å². The van der Waals surface area contributed by atoms with E-state index in [9.17, 15) is 4.79 Å². The molecule has 0 amide bonds. The van der Waals surface area contributed by atoms with E-state index in [4.69, 9.17) is 5.73 Å². The maximum absolute atomic E-state index is 11.7. The largest absolute Gasteiger partial charge is 0.330 e. The van der Waals surface area contributed by atoms with Crippen molar-refractivity contribution in [3.63, 3.8) is 0 Å². The highest BCUT2D eigenvalue weighted by atomic mass is 16.1. The van der Waals surface area contributed by atoms with Crippen LogP contribution >= 0.6 is 0 Å². The van der Waals surface area contributed by atoms with Crippen LogP contribution in [0.2, 0.25) is 0 Å². The number of nitrogens with two attached hydrogens (primary N) is 1. The molecule has 1 heterocycles. The van der Waals surface area contributed by atoms with Gasteiger partial charge >= 0.3 is 0 Å². The van der Waals surface area contributed by atoms with Crippen molar-refractivity contribution in [1.29, 1.82) is 0 Å². The van der Waals surface area contributed by atoms with E-state index < -0.39 is 0 Å². The van der Waals surface area contributed by atoms with E-state index in [1.807, 2.05) is 37.3 Å². The summed E-state index contributed by atoms with van der Waals surface area (Å²) in [6.07, 6.45) is 0. The number of H-pyrrole nitrogens is 1. The van der Waals surface area contributed by atoms with E-state index >= 15 is 0 Å². The van der Waals surface area contributed by atoms with Crippen molar-refractivity contribution in [3.05, 3.63) is 46.2 Å². The summed E-state index contributed by atoms with van der Waals surface area (Å²) >= 11 is 0. The van der Waals surface area contributed by atoms with E-state index in [2.05, 4.69) is 4.98 Å². The number of aromatic nitrogens is 1. The summed E-state index contributed by atoms with van der Waals surface area (Å²) in [6, 6.07) is 9.67. The highest BCUT2D eigenvalue weighted by molar-refractivity contribution is 5.78. The van der Waals surface area contributed by atoms with Crippen LogP contribution in [0.1, 0.15) is 18.4 Å². The highest BCUT2D eigenvalue weighted by Crippen LogP contribution is 2.15. The average molecular weight is 202 g/mol. The molecule has 1 unspecified atom stereocenters. The topological polar surface area (TPSA) is 58.9 Å². The SMILES string of the molecule is CC(CN)c1cc2ccccc2[nH]c1=O. The van der Waals surface area contributed by atoms with Gasteiger partial charge in [0, 0.05) is 11.1 Å². The lowest BCUT2D eigenvalue weighted by Gasteiger charge is -2.08. The highest BCUT2D eigenvalue weighted by Gasteiger charge is 2.08. The number of hydrogen-bond donors (Lipinski definition) is 2. The minimum Gasteiger partial charge on any atom is -0.330 e. The first-order chi connectivity index (χ1) is 7.22. The predicted molar refractivity (Wildman–Crippen MR) is 62.0 cm³/mol. The van der Waals surface area contributed by atoms with Crippen LogP contribution in [0, 0.1) is 0 Å². The molecule has 78 valence electrons. The first-order valence-corrected chi connectivity index (χ1v) is 5.04. The van der Waals surface area contributed by atoms with Crippen LogP contribution in [0.3, 0.4) is 0 Å². The van der Waals surface area contributed by atoms with Crippen molar-refractivity contribution in [1.82, 2.24) is 4.98 Å². The Bertz CT molecular complexity index is 530. The minimum absolute atomic E-state index is 0.0355. The zero-order chi connectivity index (χ0) is 10.8. The molecule has 15 heavy (non-hydrogen) atoms. The molecule has 0 saturated heterocycles. The number of pyridine rings is 1. The molecule has 0 aliphatic carbocycles. The molecule has 0 spiro atoms. The molecule has 0 saturated carbocycles. The van der Waals surface area contributed by atoms with Crippen molar-refractivity contribution < 1.29 is 0 Å². The van der Waals surface area contributed by atoms with E-state index in [-0.39, 0.29) is 11.5 Å². The number of nitrogens with one attached hydrogen (secondary N) is 1. The Morgan fingerprint density at radius 2 is 2.13 bits per heavy atom. The molecule has 0 bridgehead atoms. The fraction of sp³-hybridized carbons (Fsp3) is 0.250. The number of aromatic amines is 1. The molecule has 2 aromatic rings. The molecule has 0 radical (unpaired) electrons. The zero-order valence-corrected chi connectivity index (χ0v) is 8.66. The van der Waals surface area contributed by atoms with Crippen LogP contribution in [-0.4, -0.2) is 11.5 Å². The number of fused-ring (bicyclic) bond motifs is 1. The summed E-state index contributed by atoms with van der Waals surface area (Å²) in [4.78, 5) is 14.6. The van der Waals surface area contributed by atoms with Crippen molar-refractivity contribution in [2.45, 2.75) is 12.8 Å². The van der Waals surface area contributed by atoms with Crippen LogP contribution in [-0.2, 0) is 0 Å². The van der Waals surface area contributed by atoms with E-state index in [0.717, 1.165) is 16.5 Å². The lowest BCUT2D eigenvalue weighted by Crippen LogP contribution is -2.19. The zero-order valence-electron chi connectivity index (χ0n) is 8.66. The fourth-order valence-electron chi connectivity index (χ4n) is 1.66. The maximum Gasteiger partial charge on any atom is 0.251 e. The Balaban J connectivity index is 2.67. The first-order valence-electron chi connectivity index (χ1n) is 5.04. The molecule has 1 atom stereocenters. The van der Waals surface area contributed by atoms with Gasteiger partial charge in [0.15, 0.2) is 0 Å². The maximum atomic E-state index is 11.7. The molecule has 0 aliphatic rings. The summed E-state index contributed by atoms with van der Waals surface area (Å²) < 4.78 is 0. The number of benzene rings is 1. The predicted octanol–water partition coefficient (Wildman–Crippen LogP) is 1.59. The van der Waals surface area contributed by atoms with Gasteiger partial charge in [0.1, 0.15) is 0 Å². The number of hydrogen-bond acceptors (Lipinski definition) is 2. The van der Waals surface area contributed by atoms with Gasteiger partial charge in [-0.15, -0.1) is 0 Å². The second kappa shape index (κ2) is 3.87. The Morgan fingerprint density at radius 3 is 2.87 bits per heavy atom. The third kappa shape index (κ3) is 1.78. The smallest absolute Gasteiger partial charge is 0.251 e. The molecule has 0 fully saturated rings. The van der Waals surface area contributed by atoms with Gasteiger partial charge in [0.25, 0.3) is 5.56 Å². The van der Waals surface area contributed by atoms with Gasteiger partial charge in [0.2, 0.25) is 0 Å². The minimum atomic E-state index is -0.0355. The Labute approximate surface area is 87.9 Å². The third-order valence-electron chi connectivity index (χ3n) is 2.67. The second-order valence-corrected chi connectivity index (χ2v) is 3.78. The Morgan fingerprint density at radius 1 is 1.40 bits per heavy atom. The molecule has 1 aromatic heterocycles. The molecular formula is C12H14N2O. The molecule has 3 N–H and O–H groups in total. The van der Waals surface area contributed by atoms with Gasteiger partial charge in [0.05, 0.1) is 0 Å². The number of rotatable bonds is 2. The molecule has 2 rings (SSSR count). The molecule has 3 heteroatoms. The average Bonchev–Trinajstić information content (AvgIpc) is 2.27. The lowest BCUT2D eigenvalue weighted by molar-refractivity contribution is 0.763. The normalized spacial score (nSPS) is 12.9. The standard InChI is InChI=1S/C12H14N2O/c1-8(7-13)10-6-9-4-2-3-5-11(9)14-12(10)15/h2-6,8H,7,13H2,1H3,(H,14,15). The van der Waals surface area contributed by atoms with E-state index in [0.29, 0.717) is 6.54 Å². The van der Waals surface area contributed by atoms with Crippen LogP contribution in [0.25, 0.3) is 10.9 Å². The summed E-state index contributed by atoms with van der Waals surface area (Å²) in [6.45, 7) is 2.45. The summed E-state index contributed by atoms with van der Waals surface area (Å²) in [5, 5.41) is 1.05. The quantitative estimate of drug-likeness (QED) is 0.777. The van der Waals surface area contributed by atoms with E-state index in [1.165, 1.54) is 0 Å². The Hall–Kier alpha value is -1.61. The van der Waals surface area contributed by atoms with E-state index in [1.54, 1.807) is 0 Å². The van der Waals surface area contributed by atoms with Crippen LogP contribution in [0.5, 0.6) is 0 Å². The van der Waals surface area contributed by atoms with Crippen molar-refractivity contribution in [2.75, 3.05) is 6.54 Å². The van der Waals surface area contributed by atoms with Crippen LogP contribution in [0.4, 0.5) is 0 Å². The summed E-state index contributed by atoms with van der Waals surface area (Å²) in [5.74, 6) is 0.0957. The third-order valence-corrected chi connectivity index (χ3v) is 2.67. The lowest BCUT2D eigenvalue weighted by atomic mass is 10.0. The van der Waals surface area contributed by atoms with Gasteiger partial charge in [-0.1, -0.05) is 25.1 Å². The van der Waals surface area contributed by atoms with Gasteiger partial charge in [-0.3, -0.25) is 4.79 Å². The molecular weight excluding hydrogens is 188 g/mol. The first kappa shape index (κ1) is 9.93. The van der Waals surface area contributed by atoms with Crippen molar-refractivity contribution >= 4 is 10.9 Å². The van der Waals surface area contributed by atoms with Crippen molar-refractivity contribution in [3.8, 4) is 0 Å². The van der Waals surface area contributed by atoms with Crippen LogP contribution in [0.15, 0.2) is 35.1 Å². The molecule has 3 nitrogen and oxygen atoms in total. The molecule has 0 aliphatic heterocycles. The van der Waals surface area contributed by atoms with Gasteiger partial charge in [-0.2, -0.15) is 0 Å².